The van der Waals surface area contributed by atoms with Gasteiger partial charge in [-0.15, -0.1) is 0 Å². The molecule has 0 saturated carbocycles. The molecular weight excluding hydrogens is 242 g/mol. The van der Waals surface area contributed by atoms with E-state index in [9.17, 15) is 9.90 Å². The molecule has 1 fully saturated rings. The molecule has 1 aliphatic heterocycles. The predicted octanol–water partition coefficient (Wildman–Crippen LogP) is 1.20. The molecule has 0 radical (unpaired) electrons. The Balaban J connectivity index is 1.95. The van der Waals surface area contributed by atoms with E-state index in [2.05, 4.69) is 24.0 Å². The van der Waals surface area contributed by atoms with Crippen molar-refractivity contribution < 1.29 is 9.90 Å². The van der Waals surface area contributed by atoms with Crippen molar-refractivity contribution in [1.29, 1.82) is 0 Å². The smallest absolute Gasteiger partial charge is 0.257 e. The number of piperidine rings is 1. The van der Waals surface area contributed by atoms with Gasteiger partial charge in [0, 0.05) is 25.8 Å². The average Bonchev–Trinajstić information content (AvgIpc) is 2.39. The molecule has 0 aromatic carbocycles. The summed E-state index contributed by atoms with van der Waals surface area (Å²) >= 11 is 0. The van der Waals surface area contributed by atoms with E-state index in [4.69, 9.17) is 0 Å². The molecule has 1 aromatic heterocycles. The fourth-order valence-corrected chi connectivity index (χ4v) is 2.57. The van der Waals surface area contributed by atoms with Crippen LogP contribution in [0.5, 0.6) is 5.75 Å². The van der Waals surface area contributed by atoms with Crippen molar-refractivity contribution in [3.63, 3.8) is 0 Å². The molecule has 0 unspecified atom stereocenters. The molecule has 1 amide bonds. The van der Waals surface area contributed by atoms with Crippen LogP contribution in [-0.4, -0.2) is 59.5 Å². The number of nitrogens with zero attached hydrogens (tertiary/aromatic N) is 3. The molecule has 5 nitrogen and oxygen atoms in total. The minimum Gasteiger partial charge on any atom is -0.505 e. The second kappa shape index (κ2) is 6.02. The highest BCUT2D eigenvalue weighted by Gasteiger charge is 2.25. The number of carbonyl (C=O) groups is 1. The summed E-state index contributed by atoms with van der Waals surface area (Å²) in [5, 5.41) is 9.67. The van der Waals surface area contributed by atoms with Crippen LogP contribution >= 0.6 is 0 Å². The van der Waals surface area contributed by atoms with Crippen LogP contribution in [0.15, 0.2) is 18.5 Å². The summed E-state index contributed by atoms with van der Waals surface area (Å²) in [6.07, 6.45) is 4.89. The minimum absolute atomic E-state index is 0.0390. The molecule has 0 aliphatic carbocycles. The van der Waals surface area contributed by atoms with Crippen LogP contribution in [0.2, 0.25) is 0 Å². The summed E-state index contributed by atoms with van der Waals surface area (Å²) in [6, 6.07) is 1.57. The fraction of sp³-hybridized carbons (Fsp3) is 0.571. The van der Waals surface area contributed by atoms with E-state index >= 15 is 0 Å². The van der Waals surface area contributed by atoms with E-state index in [0.717, 1.165) is 32.5 Å². The van der Waals surface area contributed by atoms with Gasteiger partial charge in [-0.05, 0) is 38.9 Å². The zero-order valence-electron chi connectivity index (χ0n) is 11.5. The SMILES string of the molecule is CN(C)CC1CCN(C(=O)c2ccncc2O)CC1. The summed E-state index contributed by atoms with van der Waals surface area (Å²) < 4.78 is 0. The maximum absolute atomic E-state index is 12.3. The second-order valence-corrected chi connectivity index (χ2v) is 5.39. The molecule has 5 heteroatoms. The quantitative estimate of drug-likeness (QED) is 0.890. The molecule has 0 bridgehead atoms. The first-order valence-corrected chi connectivity index (χ1v) is 6.65. The van der Waals surface area contributed by atoms with Gasteiger partial charge in [0.25, 0.3) is 5.91 Å². The summed E-state index contributed by atoms with van der Waals surface area (Å²) in [5.74, 6) is 0.524. The molecule has 1 N–H and O–H groups in total. The number of carbonyl (C=O) groups excluding carboxylic acids is 1. The number of hydrogen-bond acceptors (Lipinski definition) is 4. The van der Waals surface area contributed by atoms with Crippen molar-refractivity contribution in [3.8, 4) is 5.75 Å². The molecular formula is C14H21N3O2. The highest BCUT2D eigenvalue weighted by atomic mass is 16.3. The van der Waals surface area contributed by atoms with Crippen LogP contribution in [0, 0.1) is 5.92 Å². The standard InChI is InChI=1S/C14H21N3O2/c1-16(2)10-11-4-7-17(8-5-11)14(19)12-3-6-15-9-13(12)18/h3,6,9,11,18H,4-5,7-8,10H2,1-2H3. The van der Waals surface area contributed by atoms with Gasteiger partial charge >= 0.3 is 0 Å². The predicted molar refractivity (Wildman–Crippen MR) is 73.1 cm³/mol. The third kappa shape index (κ3) is 3.44. The molecule has 19 heavy (non-hydrogen) atoms. The Hall–Kier alpha value is -1.62. The summed E-state index contributed by atoms with van der Waals surface area (Å²) in [4.78, 5) is 20.1. The van der Waals surface area contributed by atoms with Gasteiger partial charge in [-0.2, -0.15) is 0 Å². The van der Waals surface area contributed by atoms with Crippen molar-refractivity contribution in [1.82, 2.24) is 14.8 Å². The van der Waals surface area contributed by atoms with Gasteiger partial charge in [0.15, 0.2) is 0 Å². The lowest BCUT2D eigenvalue weighted by molar-refractivity contribution is 0.0675. The minimum atomic E-state index is -0.0943. The number of aromatic nitrogens is 1. The van der Waals surface area contributed by atoms with Gasteiger partial charge in [-0.3, -0.25) is 9.78 Å². The van der Waals surface area contributed by atoms with Crippen molar-refractivity contribution in [3.05, 3.63) is 24.0 Å². The first-order chi connectivity index (χ1) is 9.08. The number of rotatable bonds is 3. The summed E-state index contributed by atoms with van der Waals surface area (Å²) in [5.41, 5.74) is 0.348. The lowest BCUT2D eigenvalue weighted by atomic mass is 9.96. The van der Waals surface area contributed by atoms with Crippen LogP contribution in [0.3, 0.4) is 0 Å². The van der Waals surface area contributed by atoms with Crippen molar-refractivity contribution in [2.75, 3.05) is 33.7 Å². The van der Waals surface area contributed by atoms with Crippen LogP contribution in [0.25, 0.3) is 0 Å². The second-order valence-electron chi connectivity index (χ2n) is 5.39. The number of hydrogen-bond donors (Lipinski definition) is 1. The fourth-order valence-electron chi connectivity index (χ4n) is 2.57. The van der Waals surface area contributed by atoms with E-state index in [1.54, 1.807) is 6.07 Å². The normalized spacial score (nSPS) is 16.9. The Morgan fingerprint density at radius 1 is 1.47 bits per heavy atom. The Morgan fingerprint density at radius 3 is 2.74 bits per heavy atom. The number of amides is 1. The average molecular weight is 263 g/mol. The third-order valence-corrected chi connectivity index (χ3v) is 3.56. The van der Waals surface area contributed by atoms with Gasteiger partial charge in [-0.1, -0.05) is 0 Å². The largest absolute Gasteiger partial charge is 0.505 e. The van der Waals surface area contributed by atoms with E-state index in [1.807, 2.05) is 4.90 Å². The summed E-state index contributed by atoms with van der Waals surface area (Å²) in [6.45, 7) is 2.60. The number of pyridine rings is 1. The van der Waals surface area contributed by atoms with Crippen molar-refractivity contribution in [2.24, 2.45) is 5.92 Å². The van der Waals surface area contributed by atoms with E-state index < -0.39 is 0 Å². The molecule has 0 spiro atoms. The molecule has 1 aliphatic rings. The monoisotopic (exact) mass is 263 g/mol. The van der Waals surface area contributed by atoms with Crippen molar-refractivity contribution in [2.45, 2.75) is 12.8 Å². The molecule has 104 valence electrons. The van der Waals surface area contributed by atoms with Crippen molar-refractivity contribution >= 4 is 5.91 Å². The molecule has 2 rings (SSSR count). The molecule has 2 heterocycles. The molecule has 1 saturated heterocycles. The number of aromatic hydroxyl groups is 1. The molecule has 1 aromatic rings. The summed E-state index contributed by atoms with van der Waals surface area (Å²) in [7, 11) is 4.15. The molecule has 0 atom stereocenters. The topological polar surface area (TPSA) is 56.7 Å². The Morgan fingerprint density at radius 2 is 2.16 bits per heavy atom. The zero-order valence-corrected chi connectivity index (χ0v) is 11.5. The maximum Gasteiger partial charge on any atom is 0.257 e. The van der Waals surface area contributed by atoms with E-state index in [-0.39, 0.29) is 11.7 Å². The lowest BCUT2D eigenvalue weighted by Gasteiger charge is -2.33. The van der Waals surface area contributed by atoms with Crippen LogP contribution < -0.4 is 0 Å². The first kappa shape index (κ1) is 13.8. The van der Waals surface area contributed by atoms with Gasteiger partial charge in [-0.25, -0.2) is 0 Å². The van der Waals surface area contributed by atoms with Gasteiger partial charge in [0.1, 0.15) is 5.75 Å². The first-order valence-electron chi connectivity index (χ1n) is 6.65. The third-order valence-electron chi connectivity index (χ3n) is 3.56. The lowest BCUT2D eigenvalue weighted by Crippen LogP contribution is -2.40. The Labute approximate surface area is 113 Å². The highest BCUT2D eigenvalue weighted by molar-refractivity contribution is 5.96. The highest BCUT2D eigenvalue weighted by Crippen LogP contribution is 2.22. The Bertz CT molecular complexity index is 440. The van der Waals surface area contributed by atoms with Gasteiger partial charge in [0.05, 0.1) is 11.8 Å². The Kier molecular flexibility index (Phi) is 4.37. The van der Waals surface area contributed by atoms with Crippen LogP contribution in [0.1, 0.15) is 23.2 Å². The van der Waals surface area contributed by atoms with Crippen LogP contribution in [-0.2, 0) is 0 Å². The zero-order chi connectivity index (χ0) is 13.8. The number of likely N-dealkylation sites (tertiary alicyclic amines) is 1. The van der Waals surface area contributed by atoms with Gasteiger partial charge < -0.3 is 14.9 Å². The van der Waals surface area contributed by atoms with E-state index in [0.29, 0.717) is 11.5 Å². The van der Waals surface area contributed by atoms with E-state index in [1.165, 1.54) is 12.4 Å². The van der Waals surface area contributed by atoms with Crippen LogP contribution in [0.4, 0.5) is 0 Å². The van der Waals surface area contributed by atoms with Gasteiger partial charge in [0.2, 0.25) is 0 Å². The maximum atomic E-state index is 12.3.